The van der Waals surface area contributed by atoms with Crippen molar-refractivity contribution in [3.05, 3.63) is 24.2 Å². The van der Waals surface area contributed by atoms with Gasteiger partial charge in [-0.15, -0.1) is 0 Å². The van der Waals surface area contributed by atoms with Gasteiger partial charge in [-0.1, -0.05) is 0 Å². The van der Waals surface area contributed by atoms with E-state index in [1.165, 1.54) is 6.26 Å². The molecule has 0 bridgehead atoms. The van der Waals surface area contributed by atoms with Gasteiger partial charge in [0.1, 0.15) is 5.76 Å². The Morgan fingerprint density at radius 2 is 2.33 bits per heavy atom. The zero-order chi connectivity index (χ0) is 13.3. The molecule has 7 nitrogen and oxygen atoms in total. The van der Waals surface area contributed by atoms with Gasteiger partial charge in [0.15, 0.2) is 5.54 Å². The summed E-state index contributed by atoms with van der Waals surface area (Å²) in [6, 6.07) is 2.68. The number of aliphatic hydroxyl groups is 1. The smallest absolute Gasteiger partial charge is 0.325 e. The first kappa shape index (κ1) is 12.6. The fourth-order valence-electron chi connectivity index (χ4n) is 1.88. The lowest BCUT2D eigenvalue weighted by atomic mass is 9.99. The number of carbonyl (C=O) groups excluding carboxylic acids is 2. The molecule has 4 N–H and O–H groups in total. The molecule has 0 spiro atoms. The van der Waals surface area contributed by atoms with Gasteiger partial charge in [0.05, 0.1) is 18.9 Å². The first-order valence-electron chi connectivity index (χ1n) is 5.55. The molecule has 1 aliphatic heterocycles. The van der Waals surface area contributed by atoms with Crippen LogP contribution in [0, 0.1) is 0 Å². The molecular weight excluding hydrogens is 238 g/mol. The summed E-state index contributed by atoms with van der Waals surface area (Å²) in [7, 11) is 0. The fraction of sp³-hybridized carbons (Fsp3) is 0.455. The van der Waals surface area contributed by atoms with Gasteiger partial charge in [-0.2, -0.15) is 0 Å². The minimum Gasteiger partial charge on any atom is -0.466 e. The zero-order valence-electron chi connectivity index (χ0n) is 9.92. The number of aliphatic hydroxyl groups excluding tert-OH is 1. The van der Waals surface area contributed by atoms with Gasteiger partial charge in [0, 0.05) is 6.54 Å². The lowest BCUT2D eigenvalue weighted by Gasteiger charge is -2.20. The Labute approximate surface area is 104 Å². The van der Waals surface area contributed by atoms with Crippen LogP contribution in [0.1, 0.15) is 12.7 Å². The lowest BCUT2D eigenvalue weighted by molar-refractivity contribution is -0.132. The van der Waals surface area contributed by atoms with E-state index in [0.717, 1.165) is 4.90 Å². The molecule has 2 unspecified atom stereocenters. The predicted molar refractivity (Wildman–Crippen MR) is 61.4 cm³/mol. The molecule has 1 fully saturated rings. The number of furan rings is 1. The Hall–Kier alpha value is -1.86. The van der Waals surface area contributed by atoms with Gasteiger partial charge in [-0.3, -0.25) is 9.69 Å². The Balaban J connectivity index is 2.24. The summed E-state index contributed by atoms with van der Waals surface area (Å²) < 4.78 is 5.17. The highest BCUT2D eigenvalue weighted by molar-refractivity contribution is 6.06. The van der Waals surface area contributed by atoms with E-state index >= 15 is 0 Å². The maximum atomic E-state index is 12.2. The Morgan fingerprint density at radius 1 is 1.61 bits per heavy atom. The molecular formula is C11H15N3O4. The SMILES string of the molecule is CC1(c2ccco2)NC(=O)N(CC(O)CN)C1=O. The molecule has 0 aromatic carbocycles. The molecule has 0 radical (unpaired) electrons. The second-order valence-corrected chi connectivity index (χ2v) is 4.34. The van der Waals surface area contributed by atoms with E-state index in [2.05, 4.69) is 5.32 Å². The third kappa shape index (κ3) is 1.87. The van der Waals surface area contributed by atoms with Crippen LogP contribution >= 0.6 is 0 Å². The average molecular weight is 253 g/mol. The van der Waals surface area contributed by atoms with Crippen LogP contribution in [-0.2, 0) is 10.3 Å². The number of rotatable bonds is 4. The number of hydrogen-bond donors (Lipinski definition) is 3. The second kappa shape index (κ2) is 4.43. The highest BCUT2D eigenvalue weighted by Gasteiger charge is 2.51. The monoisotopic (exact) mass is 253 g/mol. The van der Waals surface area contributed by atoms with Gasteiger partial charge in [0.25, 0.3) is 5.91 Å². The van der Waals surface area contributed by atoms with Crippen LogP contribution in [0.4, 0.5) is 4.79 Å². The van der Waals surface area contributed by atoms with Crippen molar-refractivity contribution in [3.63, 3.8) is 0 Å². The number of urea groups is 1. The third-order valence-corrected chi connectivity index (χ3v) is 2.95. The van der Waals surface area contributed by atoms with Crippen LogP contribution in [0.2, 0.25) is 0 Å². The molecule has 2 atom stereocenters. The molecule has 18 heavy (non-hydrogen) atoms. The predicted octanol–water partition coefficient (Wildman–Crippen LogP) is -0.634. The van der Waals surface area contributed by atoms with Crippen LogP contribution < -0.4 is 11.1 Å². The summed E-state index contributed by atoms with van der Waals surface area (Å²) >= 11 is 0. The molecule has 7 heteroatoms. The van der Waals surface area contributed by atoms with Gasteiger partial charge < -0.3 is 20.6 Å². The Morgan fingerprint density at radius 3 is 2.89 bits per heavy atom. The minimum atomic E-state index is -1.23. The second-order valence-electron chi connectivity index (χ2n) is 4.34. The van der Waals surface area contributed by atoms with Crippen LogP contribution in [0.15, 0.2) is 22.8 Å². The van der Waals surface area contributed by atoms with Crippen molar-refractivity contribution in [2.75, 3.05) is 13.1 Å². The fourth-order valence-corrected chi connectivity index (χ4v) is 1.88. The first-order valence-corrected chi connectivity index (χ1v) is 5.55. The van der Waals surface area contributed by atoms with Crippen molar-refractivity contribution >= 4 is 11.9 Å². The summed E-state index contributed by atoms with van der Waals surface area (Å²) in [5.74, 6) is -0.111. The van der Waals surface area contributed by atoms with Gasteiger partial charge in [0.2, 0.25) is 0 Å². The minimum absolute atomic E-state index is 0.0193. The number of carbonyl (C=O) groups is 2. The van der Waals surface area contributed by atoms with E-state index in [4.69, 9.17) is 10.2 Å². The highest BCUT2D eigenvalue weighted by Crippen LogP contribution is 2.28. The lowest BCUT2D eigenvalue weighted by Crippen LogP contribution is -2.42. The summed E-state index contributed by atoms with van der Waals surface area (Å²) in [5.41, 5.74) is 4.04. The van der Waals surface area contributed by atoms with Crippen LogP contribution in [0.25, 0.3) is 0 Å². The standard InChI is InChI=1S/C11H15N3O4/c1-11(8-3-2-4-18-8)9(16)14(10(17)13-11)6-7(15)5-12/h2-4,7,15H,5-6,12H2,1H3,(H,13,17). The number of nitrogens with zero attached hydrogens (tertiary/aromatic N) is 1. The van der Waals surface area contributed by atoms with Gasteiger partial charge in [-0.25, -0.2) is 4.79 Å². The number of nitrogens with two attached hydrogens (primary N) is 1. The quantitative estimate of drug-likeness (QED) is 0.619. The number of imide groups is 1. The summed E-state index contributed by atoms with van der Waals surface area (Å²) in [6.07, 6.45) is 0.496. The Kier molecular flexibility index (Phi) is 3.10. The van der Waals surface area contributed by atoms with E-state index in [9.17, 15) is 14.7 Å². The third-order valence-electron chi connectivity index (χ3n) is 2.95. The maximum absolute atomic E-state index is 12.2. The number of nitrogens with one attached hydrogen (secondary N) is 1. The first-order chi connectivity index (χ1) is 8.49. The van der Waals surface area contributed by atoms with Crippen molar-refractivity contribution in [2.24, 2.45) is 5.73 Å². The molecule has 2 heterocycles. The van der Waals surface area contributed by atoms with E-state index in [0.29, 0.717) is 5.76 Å². The number of hydrogen-bond acceptors (Lipinski definition) is 5. The molecule has 2 rings (SSSR count). The zero-order valence-corrected chi connectivity index (χ0v) is 9.92. The molecule has 0 aliphatic carbocycles. The van der Waals surface area contributed by atoms with E-state index in [1.807, 2.05) is 0 Å². The largest absolute Gasteiger partial charge is 0.466 e. The molecule has 3 amide bonds. The topological polar surface area (TPSA) is 109 Å². The average Bonchev–Trinajstić information content (AvgIpc) is 2.93. The normalized spacial score (nSPS) is 25.4. The van der Waals surface area contributed by atoms with E-state index in [-0.39, 0.29) is 13.1 Å². The molecule has 1 saturated heterocycles. The summed E-state index contributed by atoms with van der Waals surface area (Å²) in [4.78, 5) is 24.9. The van der Waals surface area contributed by atoms with Crippen LogP contribution in [0.3, 0.4) is 0 Å². The molecule has 1 aromatic heterocycles. The maximum Gasteiger partial charge on any atom is 0.325 e. The van der Waals surface area contributed by atoms with Crippen molar-refractivity contribution < 1.29 is 19.1 Å². The molecule has 1 aliphatic rings. The van der Waals surface area contributed by atoms with Crippen molar-refractivity contribution in [2.45, 2.75) is 18.6 Å². The van der Waals surface area contributed by atoms with Crippen molar-refractivity contribution in [3.8, 4) is 0 Å². The number of amides is 3. The van der Waals surface area contributed by atoms with Gasteiger partial charge in [-0.05, 0) is 19.1 Å². The van der Waals surface area contributed by atoms with Crippen molar-refractivity contribution in [1.29, 1.82) is 0 Å². The molecule has 1 aromatic rings. The molecule has 98 valence electrons. The highest BCUT2D eigenvalue weighted by atomic mass is 16.3. The summed E-state index contributed by atoms with van der Waals surface area (Å²) in [5, 5.41) is 12.0. The van der Waals surface area contributed by atoms with E-state index in [1.54, 1.807) is 19.1 Å². The van der Waals surface area contributed by atoms with E-state index < -0.39 is 23.6 Å². The Bertz CT molecular complexity index is 459. The summed E-state index contributed by atoms with van der Waals surface area (Å²) in [6.45, 7) is 1.41. The molecule has 0 saturated carbocycles. The number of β-amino-alcohol motifs (C(OH)–C–C–N with tert-alkyl or cyclic N) is 1. The van der Waals surface area contributed by atoms with Gasteiger partial charge >= 0.3 is 6.03 Å². The van der Waals surface area contributed by atoms with Crippen LogP contribution in [0.5, 0.6) is 0 Å². The van der Waals surface area contributed by atoms with Crippen molar-refractivity contribution in [1.82, 2.24) is 10.2 Å². The van der Waals surface area contributed by atoms with Crippen LogP contribution in [-0.4, -0.2) is 41.1 Å².